The lowest BCUT2D eigenvalue weighted by Crippen LogP contribution is -2.39. The molecule has 0 radical (unpaired) electrons. The zero-order chi connectivity index (χ0) is 22.3. The van der Waals surface area contributed by atoms with Crippen LogP contribution in [-0.4, -0.2) is 47.9 Å². The third-order valence-electron chi connectivity index (χ3n) is 5.75. The van der Waals surface area contributed by atoms with Crippen LogP contribution < -0.4 is 14.8 Å². The van der Waals surface area contributed by atoms with Crippen molar-refractivity contribution >= 4 is 5.96 Å². The summed E-state index contributed by atoms with van der Waals surface area (Å²) in [5, 5.41) is 7.78. The molecule has 3 aromatic rings. The number of aliphatic imine (C=N–C) groups is 1. The highest BCUT2D eigenvalue weighted by atomic mass is 16.5. The van der Waals surface area contributed by atoms with Crippen LogP contribution in [0.4, 0.5) is 0 Å². The van der Waals surface area contributed by atoms with Crippen LogP contribution in [0.1, 0.15) is 17.5 Å². The fraction of sp³-hybridized carbons (Fsp3) is 0.360. The Morgan fingerprint density at radius 1 is 1.12 bits per heavy atom. The van der Waals surface area contributed by atoms with Gasteiger partial charge in [0.25, 0.3) is 0 Å². The first-order valence-electron chi connectivity index (χ1n) is 11.0. The monoisotopic (exact) mass is 433 g/mol. The van der Waals surface area contributed by atoms with E-state index < -0.39 is 0 Å². The van der Waals surface area contributed by atoms with Crippen LogP contribution in [0.5, 0.6) is 17.2 Å². The zero-order valence-corrected chi connectivity index (χ0v) is 19.0. The molecule has 1 saturated heterocycles. The third-order valence-corrected chi connectivity index (χ3v) is 5.75. The third kappa shape index (κ3) is 5.41. The minimum Gasteiger partial charge on any atom is -0.493 e. The predicted molar refractivity (Wildman–Crippen MR) is 126 cm³/mol. The Bertz CT molecular complexity index is 1040. The molecule has 1 atom stereocenters. The van der Waals surface area contributed by atoms with Gasteiger partial charge < -0.3 is 19.7 Å². The van der Waals surface area contributed by atoms with E-state index in [4.69, 9.17) is 9.47 Å². The van der Waals surface area contributed by atoms with Gasteiger partial charge in [0.15, 0.2) is 17.5 Å². The Morgan fingerprint density at radius 3 is 2.59 bits per heavy atom. The fourth-order valence-corrected chi connectivity index (χ4v) is 4.12. The molecule has 1 aliphatic rings. The van der Waals surface area contributed by atoms with Crippen LogP contribution in [0.25, 0.3) is 0 Å². The summed E-state index contributed by atoms with van der Waals surface area (Å²) in [6, 6.07) is 15.7. The van der Waals surface area contributed by atoms with E-state index in [1.807, 2.05) is 61.4 Å². The van der Waals surface area contributed by atoms with Crippen LogP contribution >= 0.6 is 0 Å². The van der Waals surface area contributed by atoms with Crippen molar-refractivity contribution < 1.29 is 9.47 Å². The maximum atomic E-state index is 5.96. The Kier molecular flexibility index (Phi) is 6.94. The number of hydrogen-bond donors (Lipinski definition) is 1. The van der Waals surface area contributed by atoms with Gasteiger partial charge in [-0.1, -0.05) is 24.3 Å². The number of hydrogen-bond acceptors (Lipinski definition) is 4. The lowest BCUT2D eigenvalue weighted by Gasteiger charge is -2.22. The van der Waals surface area contributed by atoms with Crippen molar-refractivity contribution in [3.8, 4) is 17.2 Å². The fourth-order valence-electron chi connectivity index (χ4n) is 4.12. The molecule has 1 fully saturated rings. The van der Waals surface area contributed by atoms with Crippen molar-refractivity contribution in [1.82, 2.24) is 20.0 Å². The summed E-state index contributed by atoms with van der Waals surface area (Å²) in [5.41, 5.74) is 2.47. The molecule has 0 spiro atoms. The molecule has 1 aliphatic heterocycles. The van der Waals surface area contributed by atoms with Crippen LogP contribution in [0.2, 0.25) is 0 Å². The first kappa shape index (κ1) is 21.7. The maximum Gasteiger partial charge on any atom is 0.193 e. The van der Waals surface area contributed by atoms with Crippen LogP contribution in [0, 0.1) is 5.92 Å². The Hall–Kier alpha value is -3.48. The Labute approximate surface area is 189 Å². The smallest absolute Gasteiger partial charge is 0.193 e. The number of rotatable bonds is 7. The van der Waals surface area contributed by atoms with Gasteiger partial charge in [0.1, 0.15) is 5.75 Å². The van der Waals surface area contributed by atoms with E-state index in [1.54, 1.807) is 7.11 Å². The van der Waals surface area contributed by atoms with Crippen molar-refractivity contribution in [2.45, 2.75) is 19.4 Å². The lowest BCUT2D eigenvalue weighted by atomic mass is 10.0. The summed E-state index contributed by atoms with van der Waals surface area (Å²) in [6.07, 6.45) is 6.31. The molecule has 0 aliphatic carbocycles. The molecule has 4 rings (SSSR count). The van der Waals surface area contributed by atoms with Gasteiger partial charge in [-0.25, -0.2) is 0 Å². The molecule has 1 aromatic heterocycles. The summed E-state index contributed by atoms with van der Waals surface area (Å²) in [4.78, 5) is 6.85. The molecular weight excluding hydrogens is 402 g/mol. The number of methoxy groups -OCH3 is 1. The molecular formula is C25H31N5O2. The zero-order valence-electron chi connectivity index (χ0n) is 19.0. The molecule has 168 valence electrons. The van der Waals surface area contributed by atoms with Crippen molar-refractivity contribution in [2.75, 3.05) is 27.2 Å². The van der Waals surface area contributed by atoms with Gasteiger partial charge in [-0.3, -0.25) is 9.67 Å². The van der Waals surface area contributed by atoms with E-state index in [9.17, 15) is 0 Å². The largest absolute Gasteiger partial charge is 0.493 e. The van der Waals surface area contributed by atoms with Gasteiger partial charge >= 0.3 is 0 Å². The maximum absolute atomic E-state index is 5.96. The number of benzene rings is 2. The SMILES string of the molecule is CN=C(NCc1ccc(Oc2ccccc2OC)cc1)N1CCC(Cc2cnn(C)c2)C1. The highest BCUT2D eigenvalue weighted by molar-refractivity contribution is 5.80. The van der Waals surface area contributed by atoms with E-state index in [0.717, 1.165) is 37.0 Å². The van der Waals surface area contributed by atoms with Crippen LogP contribution in [-0.2, 0) is 20.0 Å². The number of ether oxygens (including phenoxy) is 2. The van der Waals surface area contributed by atoms with E-state index in [2.05, 4.69) is 38.6 Å². The average Bonchev–Trinajstić information content (AvgIpc) is 3.45. The van der Waals surface area contributed by atoms with Gasteiger partial charge in [-0.15, -0.1) is 0 Å². The van der Waals surface area contributed by atoms with Crippen LogP contribution in [0.3, 0.4) is 0 Å². The molecule has 1 unspecified atom stereocenters. The topological polar surface area (TPSA) is 63.9 Å². The second-order valence-electron chi connectivity index (χ2n) is 8.12. The molecule has 0 amide bonds. The van der Waals surface area contributed by atoms with Crippen molar-refractivity contribution in [1.29, 1.82) is 0 Å². The number of aryl methyl sites for hydroxylation is 1. The second kappa shape index (κ2) is 10.2. The summed E-state index contributed by atoms with van der Waals surface area (Å²) >= 11 is 0. The number of nitrogens with one attached hydrogen (secondary N) is 1. The molecule has 0 bridgehead atoms. The summed E-state index contributed by atoms with van der Waals surface area (Å²) in [6.45, 7) is 2.75. The quantitative estimate of drug-likeness (QED) is 0.453. The summed E-state index contributed by atoms with van der Waals surface area (Å²) < 4.78 is 13.2. The lowest BCUT2D eigenvalue weighted by molar-refractivity contribution is 0.379. The average molecular weight is 434 g/mol. The number of guanidine groups is 1. The van der Waals surface area contributed by atoms with Crippen molar-refractivity contribution in [2.24, 2.45) is 18.0 Å². The Morgan fingerprint density at radius 2 is 1.91 bits per heavy atom. The Balaban J connectivity index is 1.28. The van der Waals surface area contributed by atoms with Gasteiger partial charge in [0.05, 0.1) is 13.3 Å². The predicted octanol–water partition coefficient (Wildman–Crippen LogP) is 3.86. The van der Waals surface area contributed by atoms with Gasteiger partial charge in [-0.05, 0) is 54.2 Å². The summed E-state index contributed by atoms with van der Waals surface area (Å²) in [5.74, 6) is 3.78. The second-order valence-corrected chi connectivity index (χ2v) is 8.12. The van der Waals surface area contributed by atoms with Gasteiger partial charge in [0.2, 0.25) is 0 Å². The first-order valence-corrected chi connectivity index (χ1v) is 11.0. The van der Waals surface area contributed by atoms with E-state index in [1.165, 1.54) is 17.5 Å². The molecule has 2 heterocycles. The summed E-state index contributed by atoms with van der Waals surface area (Å²) in [7, 11) is 5.46. The first-order chi connectivity index (χ1) is 15.6. The van der Waals surface area contributed by atoms with Gasteiger partial charge in [0, 0.05) is 39.9 Å². The molecule has 32 heavy (non-hydrogen) atoms. The van der Waals surface area contributed by atoms with Crippen molar-refractivity contribution in [3.63, 3.8) is 0 Å². The van der Waals surface area contributed by atoms with Gasteiger partial charge in [-0.2, -0.15) is 5.10 Å². The number of likely N-dealkylation sites (tertiary alicyclic amines) is 1. The molecule has 1 N–H and O–H groups in total. The molecule has 7 nitrogen and oxygen atoms in total. The van der Waals surface area contributed by atoms with E-state index in [-0.39, 0.29) is 0 Å². The minimum absolute atomic E-state index is 0.629. The molecule has 0 saturated carbocycles. The van der Waals surface area contributed by atoms with Crippen molar-refractivity contribution in [3.05, 3.63) is 72.1 Å². The molecule has 7 heteroatoms. The van der Waals surface area contributed by atoms with E-state index in [0.29, 0.717) is 18.2 Å². The van der Waals surface area contributed by atoms with E-state index >= 15 is 0 Å². The number of aromatic nitrogens is 2. The number of nitrogens with zero attached hydrogens (tertiary/aromatic N) is 4. The standard InChI is InChI=1S/C25H31N5O2/c1-26-25(30-13-12-20(18-30)14-21-16-28-29(2)17-21)27-15-19-8-10-22(11-9-19)32-24-7-5-4-6-23(24)31-3/h4-11,16-17,20H,12-15,18H2,1-3H3,(H,26,27). The van der Waals surface area contributed by atoms with Crippen LogP contribution in [0.15, 0.2) is 65.9 Å². The minimum atomic E-state index is 0.629. The normalized spacial score (nSPS) is 16.3. The number of para-hydroxylation sites is 2. The highest BCUT2D eigenvalue weighted by Crippen LogP contribution is 2.30. The molecule has 2 aromatic carbocycles. The highest BCUT2D eigenvalue weighted by Gasteiger charge is 2.25.